The summed E-state index contributed by atoms with van der Waals surface area (Å²) < 4.78 is 40.2. The lowest BCUT2D eigenvalue weighted by molar-refractivity contribution is -0.167. The Morgan fingerprint density at radius 2 is 2.00 bits per heavy atom. The van der Waals surface area contributed by atoms with E-state index in [1.807, 2.05) is 0 Å². The number of rotatable bonds is 4. The summed E-state index contributed by atoms with van der Waals surface area (Å²) in [6.45, 7) is -1.66. The molecule has 0 fully saturated rings. The number of ketones is 1. The topological polar surface area (TPSA) is 63.6 Å². The highest BCUT2D eigenvalue weighted by atomic mass is 19.3. The van der Waals surface area contributed by atoms with E-state index in [1.165, 1.54) is 0 Å². The number of aliphatic hydroxyl groups is 1. The van der Waals surface area contributed by atoms with E-state index >= 15 is 0 Å². The largest absolute Gasteiger partial charge is 0.466 e. The van der Waals surface area contributed by atoms with Gasteiger partial charge in [-0.2, -0.15) is 0 Å². The SMILES string of the molecule is COC(=O)C(F)(CO)C(=O)C(F)F. The van der Waals surface area contributed by atoms with Crippen LogP contribution in [0.25, 0.3) is 0 Å². The van der Waals surface area contributed by atoms with Gasteiger partial charge in [0.1, 0.15) is 0 Å². The smallest absolute Gasteiger partial charge is 0.354 e. The van der Waals surface area contributed by atoms with Crippen molar-refractivity contribution in [1.29, 1.82) is 0 Å². The van der Waals surface area contributed by atoms with Crippen molar-refractivity contribution >= 4 is 11.8 Å². The van der Waals surface area contributed by atoms with E-state index < -0.39 is 30.5 Å². The molecule has 4 nitrogen and oxygen atoms in total. The lowest BCUT2D eigenvalue weighted by Gasteiger charge is -2.17. The number of Topliss-reactive ketones (excluding diaryl/α,β-unsaturated/α-hetero) is 1. The number of alkyl halides is 3. The average molecular weight is 200 g/mol. The summed E-state index contributed by atoms with van der Waals surface area (Å²) in [5.41, 5.74) is -3.66. The van der Waals surface area contributed by atoms with Crippen LogP contribution in [0.2, 0.25) is 0 Å². The molecule has 0 amide bonds. The van der Waals surface area contributed by atoms with Gasteiger partial charge in [0, 0.05) is 0 Å². The number of hydrogen-bond donors (Lipinski definition) is 1. The average Bonchev–Trinajstić information content (AvgIpc) is 2.13. The minimum absolute atomic E-state index is 0.713. The number of aliphatic hydroxyl groups excluding tert-OH is 1. The van der Waals surface area contributed by atoms with Gasteiger partial charge >= 0.3 is 5.97 Å². The molecule has 0 aliphatic rings. The number of carbonyl (C=O) groups excluding carboxylic acids is 2. The Bertz CT molecular complexity index is 218. The minimum atomic E-state index is -3.67. The van der Waals surface area contributed by atoms with Gasteiger partial charge in [-0.15, -0.1) is 0 Å². The quantitative estimate of drug-likeness (QED) is 0.499. The van der Waals surface area contributed by atoms with Gasteiger partial charge in [0.05, 0.1) is 13.7 Å². The molecular weight excluding hydrogens is 193 g/mol. The molecule has 1 atom stereocenters. The number of halogens is 3. The fourth-order valence-corrected chi connectivity index (χ4v) is 0.578. The monoisotopic (exact) mass is 200 g/mol. The summed E-state index contributed by atoms with van der Waals surface area (Å²) in [7, 11) is 0.713. The Balaban J connectivity index is 4.83. The van der Waals surface area contributed by atoms with Crippen molar-refractivity contribution in [3.8, 4) is 0 Å². The van der Waals surface area contributed by atoms with E-state index in [2.05, 4.69) is 4.74 Å². The van der Waals surface area contributed by atoms with Gasteiger partial charge in [-0.3, -0.25) is 4.79 Å². The molecule has 0 radical (unpaired) electrons. The molecule has 0 bridgehead atoms. The Kier molecular flexibility index (Phi) is 3.86. The standard InChI is InChI=1S/C6H7F3O4/c1-13-5(12)6(9,2-10)3(11)4(7)8/h4,10H,2H2,1H3. The van der Waals surface area contributed by atoms with Crippen LogP contribution in [-0.4, -0.2) is 42.7 Å². The Hall–Kier alpha value is -1.11. The minimum Gasteiger partial charge on any atom is -0.466 e. The highest BCUT2D eigenvalue weighted by molar-refractivity contribution is 6.08. The van der Waals surface area contributed by atoms with E-state index in [1.54, 1.807) is 0 Å². The van der Waals surface area contributed by atoms with Crippen molar-refractivity contribution in [2.24, 2.45) is 0 Å². The van der Waals surface area contributed by atoms with E-state index in [-0.39, 0.29) is 0 Å². The van der Waals surface area contributed by atoms with Crippen LogP contribution in [0.1, 0.15) is 0 Å². The van der Waals surface area contributed by atoms with Crippen LogP contribution in [0, 0.1) is 0 Å². The molecule has 0 aromatic heterocycles. The first-order valence-corrected chi connectivity index (χ1v) is 3.10. The molecule has 0 aliphatic heterocycles. The van der Waals surface area contributed by atoms with Crippen molar-refractivity contribution < 1.29 is 32.6 Å². The number of hydrogen-bond acceptors (Lipinski definition) is 4. The number of methoxy groups -OCH3 is 1. The number of ether oxygens (including phenoxy) is 1. The molecule has 1 N–H and O–H groups in total. The van der Waals surface area contributed by atoms with E-state index in [9.17, 15) is 22.8 Å². The molecular formula is C6H7F3O4. The molecule has 13 heavy (non-hydrogen) atoms. The maximum atomic E-state index is 13.0. The second-order valence-corrected chi connectivity index (χ2v) is 2.12. The first kappa shape index (κ1) is 11.9. The zero-order chi connectivity index (χ0) is 10.6. The van der Waals surface area contributed by atoms with Crippen LogP contribution in [0.3, 0.4) is 0 Å². The normalized spacial score (nSPS) is 15.2. The number of carbonyl (C=O) groups is 2. The Morgan fingerprint density at radius 3 is 2.23 bits per heavy atom. The molecule has 0 heterocycles. The molecule has 0 saturated heterocycles. The third-order valence-corrected chi connectivity index (χ3v) is 1.32. The van der Waals surface area contributed by atoms with Gasteiger partial charge in [0.15, 0.2) is 0 Å². The van der Waals surface area contributed by atoms with Crippen molar-refractivity contribution in [2.45, 2.75) is 12.1 Å². The van der Waals surface area contributed by atoms with Gasteiger partial charge < -0.3 is 9.84 Å². The van der Waals surface area contributed by atoms with Crippen LogP contribution in [0.5, 0.6) is 0 Å². The summed E-state index contributed by atoms with van der Waals surface area (Å²) in [5.74, 6) is -4.14. The van der Waals surface area contributed by atoms with Gasteiger partial charge in [-0.1, -0.05) is 0 Å². The van der Waals surface area contributed by atoms with Crippen LogP contribution >= 0.6 is 0 Å². The first-order valence-electron chi connectivity index (χ1n) is 3.10. The van der Waals surface area contributed by atoms with Crippen LogP contribution in [0.15, 0.2) is 0 Å². The van der Waals surface area contributed by atoms with Gasteiger partial charge in [-0.25, -0.2) is 18.0 Å². The summed E-state index contributed by atoms with van der Waals surface area (Å²) in [6, 6.07) is 0. The fraction of sp³-hybridized carbons (Fsp3) is 0.667. The highest BCUT2D eigenvalue weighted by Gasteiger charge is 2.51. The van der Waals surface area contributed by atoms with Crippen molar-refractivity contribution in [1.82, 2.24) is 0 Å². The zero-order valence-electron chi connectivity index (χ0n) is 6.59. The molecule has 0 rings (SSSR count). The second kappa shape index (κ2) is 4.22. The number of esters is 1. The third kappa shape index (κ3) is 2.18. The third-order valence-electron chi connectivity index (χ3n) is 1.32. The summed E-state index contributed by atoms with van der Waals surface area (Å²) in [5, 5.41) is 8.28. The lowest BCUT2D eigenvalue weighted by atomic mass is 10.0. The highest BCUT2D eigenvalue weighted by Crippen LogP contribution is 2.18. The predicted octanol–water partition coefficient (Wildman–Crippen LogP) is -0.306. The van der Waals surface area contributed by atoms with Crippen molar-refractivity contribution in [3.05, 3.63) is 0 Å². The maximum Gasteiger partial charge on any atom is 0.354 e. The maximum absolute atomic E-state index is 13.0. The van der Waals surface area contributed by atoms with Crippen LogP contribution in [0.4, 0.5) is 13.2 Å². The lowest BCUT2D eigenvalue weighted by Crippen LogP contribution is -2.49. The summed E-state index contributed by atoms with van der Waals surface area (Å²) >= 11 is 0. The van der Waals surface area contributed by atoms with Crippen LogP contribution < -0.4 is 0 Å². The van der Waals surface area contributed by atoms with E-state index in [4.69, 9.17) is 5.11 Å². The van der Waals surface area contributed by atoms with E-state index in [0.717, 1.165) is 0 Å². The van der Waals surface area contributed by atoms with Gasteiger partial charge in [0.2, 0.25) is 5.78 Å². The zero-order valence-corrected chi connectivity index (χ0v) is 6.59. The van der Waals surface area contributed by atoms with E-state index in [0.29, 0.717) is 7.11 Å². The Morgan fingerprint density at radius 1 is 1.54 bits per heavy atom. The molecule has 0 aromatic rings. The molecule has 7 heteroatoms. The Labute approximate surface area is 71.3 Å². The molecule has 1 unspecified atom stereocenters. The summed E-state index contributed by atoms with van der Waals surface area (Å²) in [4.78, 5) is 20.9. The van der Waals surface area contributed by atoms with Crippen LogP contribution in [-0.2, 0) is 14.3 Å². The summed E-state index contributed by atoms with van der Waals surface area (Å²) in [6.07, 6.45) is -3.67. The fourth-order valence-electron chi connectivity index (χ4n) is 0.578. The molecule has 76 valence electrons. The van der Waals surface area contributed by atoms with Gasteiger partial charge in [-0.05, 0) is 0 Å². The predicted molar refractivity (Wildman–Crippen MR) is 34.0 cm³/mol. The van der Waals surface area contributed by atoms with Crippen molar-refractivity contribution in [2.75, 3.05) is 13.7 Å². The molecule has 0 aromatic carbocycles. The van der Waals surface area contributed by atoms with Crippen molar-refractivity contribution in [3.63, 3.8) is 0 Å². The molecule has 0 spiro atoms. The van der Waals surface area contributed by atoms with Gasteiger partial charge in [0.25, 0.3) is 12.1 Å². The molecule has 0 saturated carbocycles. The second-order valence-electron chi connectivity index (χ2n) is 2.12. The molecule has 0 aliphatic carbocycles. The first-order chi connectivity index (χ1) is 5.90.